The van der Waals surface area contributed by atoms with E-state index in [0.717, 1.165) is 16.9 Å². The zero-order valence-electron chi connectivity index (χ0n) is 28.3. The van der Waals surface area contributed by atoms with Crippen LogP contribution in [0.1, 0.15) is 66.7 Å². The van der Waals surface area contributed by atoms with Crippen molar-refractivity contribution in [1.82, 2.24) is 20.9 Å². The van der Waals surface area contributed by atoms with E-state index >= 15 is 0 Å². The number of amides is 3. The number of hydrogen-bond donors (Lipinski definition) is 3. The van der Waals surface area contributed by atoms with Gasteiger partial charge in [0.25, 0.3) is 5.91 Å². The Bertz CT molecular complexity index is 1390. The van der Waals surface area contributed by atoms with Crippen molar-refractivity contribution in [2.24, 2.45) is 0 Å². The number of aryl methyl sites for hydroxylation is 1. The maximum atomic E-state index is 14.0. The predicted octanol–water partition coefficient (Wildman–Crippen LogP) is 2.07. The number of thiazole rings is 1. The van der Waals surface area contributed by atoms with Gasteiger partial charge in [0.15, 0.2) is 11.4 Å². The third kappa shape index (κ3) is 13.1. The maximum Gasteiger partial charge on any atom is 0.306 e. The van der Waals surface area contributed by atoms with Crippen LogP contribution in [-0.2, 0) is 49.3 Å². The zero-order valence-corrected chi connectivity index (χ0v) is 29.1. The van der Waals surface area contributed by atoms with Crippen LogP contribution in [0.5, 0.6) is 0 Å². The summed E-state index contributed by atoms with van der Waals surface area (Å²) in [5, 5.41) is 8.59. The maximum absolute atomic E-state index is 14.0. The van der Waals surface area contributed by atoms with Gasteiger partial charge in [0.2, 0.25) is 11.8 Å². The first kappa shape index (κ1) is 40.0. The molecule has 0 aliphatic heterocycles. The SMILES string of the molecule is CC[C@@](C)(OC(=O)CCCCOC(C)=O)C(=O)[C@H](Cc1ccccc1)NC(=O)[C@H](COC)NC(=O)[C@H](COC)NC(=O)c1cnc(C)s1. The number of rotatable bonds is 21. The highest BCUT2D eigenvalue weighted by Crippen LogP contribution is 2.22. The molecule has 4 atom stereocenters. The van der Waals surface area contributed by atoms with Crippen molar-refractivity contribution < 1.29 is 47.7 Å². The predicted molar refractivity (Wildman–Crippen MR) is 176 cm³/mol. The summed E-state index contributed by atoms with van der Waals surface area (Å²) in [7, 11) is 2.71. The molecule has 0 saturated carbocycles. The van der Waals surface area contributed by atoms with E-state index in [2.05, 4.69) is 20.9 Å². The number of carbonyl (C=O) groups is 6. The van der Waals surface area contributed by atoms with Crippen LogP contribution in [-0.4, -0.2) is 98.2 Å². The number of benzene rings is 1. The number of nitrogens with zero attached hydrogens (tertiary/aromatic N) is 1. The summed E-state index contributed by atoms with van der Waals surface area (Å²) in [6.07, 6.45) is 2.44. The molecule has 3 amide bonds. The van der Waals surface area contributed by atoms with Gasteiger partial charge in [-0.25, -0.2) is 4.98 Å². The van der Waals surface area contributed by atoms with Crippen LogP contribution in [0.3, 0.4) is 0 Å². The molecule has 0 fully saturated rings. The molecule has 0 aliphatic rings. The van der Waals surface area contributed by atoms with Crippen molar-refractivity contribution in [2.45, 2.75) is 83.5 Å². The highest BCUT2D eigenvalue weighted by Gasteiger charge is 2.41. The van der Waals surface area contributed by atoms with E-state index in [1.807, 2.05) is 6.07 Å². The second kappa shape index (κ2) is 20.2. The van der Waals surface area contributed by atoms with Crippen molar-refractivity contribution in [2.75, 3.05) is 34.0 Å². The van der Waals surface area contributed by atoms with E-state index in [1.165, 1.54) is 34.3 Å². The second-order valence-corrected chi connectivity index (χ2v) is 12.4. The standard InChI is InChI=1S/C33H46N4O10S/c1-7-33(4,47-28(39)15-11-12-16-46-22(3)38)29(40)24(17-23-13-9-8-10-14-23)35-30(41)25(19-44-5)36-31(42)26(20-45-6)37-32(43)27-18-34-21(2)48-27/h8-10,13-14,18,24-26H,7,11-12,15-17,19-20H2,1-6H3,(H,35,41)(H,36,42)(H,37,43)/t24-,25-,26-,33+/m0/s1. The Kier molecular flexibility index (Phi) is 16.8. The van der Waals surface area contributed by atoms with E-state index in [0.29, 0.717) is 22.7 Å². The van der Waals surface area contributed by atoms with E-state index in [9.17, 15) is 28.8 Å². The molecule has 0 aliphatic carbocycles. The number of Topliss-reactive ketones (excluding diaryl/α,β-unsaturated/α-hetero) is 1. The summed E-state index contributed by atoms with van der Waals surface area (Å²) in [4.78, 5) is 81.8. The lowest BCUT2D eigenvalue weighted by Crippen LogP contribution is -2.60. The average Bonchev–Trinajstić information content (AvgIpc) is 3.49. The lowest BCUT2D eigenvalue weighted by atomic mass is 9.88. The molecule has 0 bridgehead atoms. The minimum atomic E-state index is -1.58. The number of carbonyl (C=O) groups excluding carboxylic acids is 6. The molecule has 3 N–H and O–H groups in total. The highest BCUT2D eigenvalue weighted by atomic mass is 32.1. The van der Waals surface area contributed by atoms with Crippen LogP contribution in [0.15, 0.2) is 36.5 Å². The Labute approximate surface area is 284 Å². The molecule has 264 valence electrons. The molecule has 1 heterocycles. The molecular formula is C33H46N4O10S. The first-order valence-corrected chi connectivity index (χ1v) is 16.4. The fraction of sp³-hybridized carbons (Fsp3) is 0.545. The van der Waals surface area contributed by atoms with Gasteiger partial charge in [0.1, 0.15) is 17.0 Å². The van der Waals surface area contributed by atoms with Crippen LogP contribution in [0.4, 0.5) is 0 Å². The van der Waals surface area contributed by atoms with Crippen LogP contribution >= 0.6 is 11.3 Å². The first-order chi connectivity index (χ1) is 22.8. The van der Waals surface area contributed by atoms with Crippen molar-refractivity contribution in [1.29, 1.82) is 0 Å². The summed E-state index contributed by atoms with van der Waals surface area (Å²) in [6.45, 7) is 5.96. The van der Waals surface area contributed by atoms with E-state index in [-0.39, 0.29) is 39.1 Å². The van der Waals surface area contributed by atoms with Crippen molar-refractivity contribution in [3.05, 3.63) is 52.0 Å². The van der Waals surface area contributed by atoms with E-state index in [4.69, 9.17) is 18.9 Å². The lowest BCUT2D eigenvalue weighted by Gasteiger charge is -2.32. The molecule has 1 aromatic heterocycles. The number of ether oxygens (including phenoxy) is 4. The summed E-state index contributed by atoms with van der Waals surface area (Å²) in [5.41, 5.74) is -0.845. The van der Waals surface area contributed by atoms with Gasteiger partial charge in [-0.3, -0.25) is 28.8 Å². The van der Waals surface area contributed by atoms with Crippen LogP contribution in [0.25, 0.3) is 0 Å². The van der Waals surface area contributed by atoms with Crippen molar-refractivity contribution in [3.63, 3.8) is 0 Å². The minimum Gasteiger partial charge on any atom is -0.466 e. The largest absolute Gasteiger partial charge is 0.466 e. The normalized spacial score (nSPS) is 14.0. The van der Waals surface area contributed by atoms with Gasteiger partial charge < -0.3 is 34.9 Å². The summed E-state index contributed by atoms with van der Waals surface area (Å²) in [5.74, 6) is -3.53. The first-order valence-electron chi connectivity index (χ1n) is 15.6. The molecule has 14 nitrogen and oxygen atoms in total. The van der Waals surface area contributed by atoms with Gasteiger partial charge in [0.05, 0.1) is 37.1 Å². The van der Waals surface area contributed by atoms with Crippen molar-refractivity contribution in [3.8, 4) is 0 Å². The number of hydrogen-bond acceptors (Lipinski definition) is 12. The smallest absolute Gasteiger partial charge is 0.306 e. The van der Waals surface area contributed by atoms with Gasteiger partial charge in [0, 0.05) is 27.6 Å². The third-order valence-corrected chi connectivity index (χ3v) is 8.21. The Morgan fingerprint density at radius 1 is 0.896 bits per heavy atom. The molecule has 48 heavy (non-hydrogen) atoms. The molecule has 0 unspecified atom stereocenters. The minimum absolute atomic E-state index is 0.00354. The number of methoxy groups -OCH3 is 2. The number of esters is 2. The molecule has 1 aromatic carbocycles. The summed E-state index contributed by atoms with van der Waals surface area (Å²) >= 11 is 1.16. The molecule has 0 radical (unpaired) electrons. The molecule has 0 saturated heterocycles. The van der Waals surface area contributed by atoms with Crippen molar-refractivity contribution >= 4 is 46.8 Å². The Morgan fingerprint density at radius 2 is 1.50 bits per heavy atom. The number of nitrogens with one attached hydrogen (secondary N) is 3. The molecular weight excluding hydrogens is 644 g/mol. The van der Waals surface area contributed by atoms with Gasteiger partial charge in [-0.2, -0.15) is 0 Å². The third-order valence-electron chi connectivity index (χ3n) is 7.30. The zero-order chi connectivity index (χ0) is 35.7. The van der Waals surface area contributed by atoms with Crippen LogP contribution < -0.4 is 16.0 Å². The molecule has 0 spiro atoms. The molecule has 15 heteroatoms. The quantitative estimate of drug-likeness (QED) is 0.129. The highest BCUT2D eigenvalue weighted by molar-refractivity contribution is 7.13. The summed E-state index contributed by atoms with van der Waals surface area (Å²) < 4.78 is 20.9. The monoisotopic (exact) mass is 690 g/mol. The molecule has 2 rings (SSSR count). The van der Waals surface area contributed by atoms with Crippen LogP contribution in [0.2, 0.25) is 0 Å². The Morgan fingerprint density at radius 3 is 2.04 bits per heavy atom. The topological polar surface area (TPSA) is 188 Å². The van der Waals surface area contributed by atoms with Gasteiger partial charge in [-0.1, -0.05) is 37.3 Å². The van der Waals surface area contributed by atoms with Gasteiger partial charge in [-0.05, 0) is 45.1 Å². The Balaban J connectivity index is 2.22. The van der Waals surface area contributed by atoms with Gasteiger partial charge in [-0.15, -0.1) is 11.3 Å². The Hall–Kier alpha value is -4.21. The van der Waals surface area contributed by atoms with Gasteiger partial charge >= 0.3 is 11.9 Å². The lowest BCUT2D eigenvalue weighted by molar-refractivity contribution is -0.167. The average molecular weight is 691 g/mol. The van der Waals surface area contributed by atoms with E-state index < -0.39 is 59.2 Å². The number of aromatic nitrogens is 1. The fourth-order valence-corrected chi connectivity index (χ4v) is 5.23. The van der Waals surface area contributed by atoms with E-state index in [1.54, 1.807) is 38.1 Å². The fourth-order valence-electron chi connectivity index (χ4n) is 4.55. The number of unbranched alkanes of at least 4 members (excludes halogenated alkanes) is 1. The summed E-state index contributed by atoms with van der Waals surface area (Å²) in [6, 6.07) is 5.41. The number of ketones is 1. The molecule has 2 aromatic rings. The second-order valence-electron chi connectivity index (χ2n) is 11.2. The van der Waals surface area contributed by atoms with Crippen LogP contribution in [0, 0.1) is 6.92 Å².